The number of nitrogens with zero attached hydrogens (tertiary/aromatic N) is 1. The van der Waals surface area contributed by atoms with E-state index in [0.717, 1.165) is 5.56 Å². The second-order valence-electron chi connectivity index (χ2n) is 3.95. The summed E-state index contributed by atoms with van der Waals surface area (Å²) >= 11 is 9.02. The van der Waals surface area contributed by atoms with Gasteiger partial charge >= 0.3 is 0 Å². The molecule has 19 heavy (non-hydrogen) atoms. The van der Waals surface area contributed by atoms with Crippen molar-refractivity contribution in [2.45, 2.75) is 6.92 Å². The number of rotatable bonds is 2. The number of pyridine rings is 1. The highest BCUT2D eigenvalue weighted by atomic mass is 79.9. The molecule has 98 valence electrons. The summed E-state index contributed by atoms with van der Waals surface area (Å²) in [4.78, 5) is 15.9. The molecule has 1 heterocycles. The second kappa shape index (κ2) is 5.59. The number of hydrogen-bond donors (Lipinski definition) is 2. The van der Waals surface area contributed by atoms with Gasteiger partial charge in [-0.15, -0.1) is 0 Å². The van der Waals surface area contributed by atoms with Crippen molar-refractivity contribution in [3.8, 4) is 5.75 Å². The van der Waals surface area contributed by atoms with E-state index >= 15 is 0 Å². The number of aromatic nitrogens is 1. The number of nitrogens with one attached hydrogen (secondary N) is 1. The fourth-order valence-electron chi connectivity index (χ4n) is 1.52. The predicted octanol–water partition coefficient (Wildman–Crippen LogP) is 3.76. The number of carbonyl (C=O) groups is 1. The average Bonchev–Trinajstić information content (AvgIpc) is 2.33. The molecule has 0 aliphatic carbocycles. The zero-order chi connectivity index (χ0) is 14.0. The third-order valence-corrected chi connectivity index (χ3v) is 3.37. The van der Waals surface area contributed by atoms with Crippen LogP contribution < -0.4 is 5.32 Å². The van der Waals surface area contributed by atoms with E-state index < -0.39 is 5.91 Å². The van der Waals surface area contributed by atoms with E-state index in [9.17, 15) is 9.90 Å². The van der Waals surface area contributed by atoms with Gasteiger partial charge in [-0.25, -0.2) is 4.98 Å². The maximum atomic E-state index is 12.0. The number of amides is 1. The van der Waals surface area contributed by atoms with Gasteiger partial charge in [0, 0.05) is 4.47 Å². The Labute approximate surface area is 123 Å². The van der Waals surface area contributed by atoms with Gasteiger partial charge in [-0.1, -0.05) is 27.5 Å². The maximum Gasteiger partial charge on any atom is 0.259 e. The molecule has 1 aromatic carbocycles. The molecule has 0 aliphatic heterocycles. The van der Waals surface area contributed by atoms with Crippen LogP contribution in [-0.2, 0) is 0 Å². The predicted molar refractivity (Wildman–Crippen MR) is 77.7 cm³/mol. The number of anilines is 1. The van der Waals surface area contributed by atoms with Crippen LogP contribution in [0.2, 0.25) is 5.15 Å². The van der Waals surface area contributed by atoms with E-state index in [1.165, 1.54) is 18.3 Å². The van der Waals surface area contributed by atoms with Crippen LogP contribution in [-0.4, -0.2) is 16.0 Å². The minimum Gasteiger partial charge on any atom is -0.507 e. The summed E-state index contributed by atoms with van der Waals surface area (Å²) in [5.41, 5.74) is 1.48. The molecule has 4 nitrogen and oxygen atoms in total. The minimum atomic E-state index is -0.409. The summed E-state index contributed by atoms with van der Waals surface area (Å²) in [5, 5.41) is 12.8. The van der Waals surface area contributed by atoms with E-state index in [0.29, 0.717) is 15.3 Å². The highest BCUT2D eigenvalue weighted by Gasteiger charge is 2.12. The van der Waals surface area contributed by atoms with E-state index in [4.69, 9.17) is 11.6 Å². The van der Waals surface area contributed by atoms with Crippen molar-refractivity contribution < 1.29 is 9.90 Å². The van der Waals surface area contributed by atoms with Crippen LogP contribution in [0, 0.1) is 6.92 Å². The zero-order valence-electron chi connectivity index (χ0n) is 9.95. The Hall–Kier alpha value is -1.59. The van der Waals surface area contributed by atoms with Gasteiger partial charge in [0.25, 0.3) is 5.91 Å². The molecule has 0 spiro atoms. The highest BCUT2D eigenvalue weighted by molar-refractivity contribution is 9.10. The molecule has 2 rings (SSSR count). The van der Waals surface area contributed by atoms with Crippen molar-refractivity contribution in [1.29, 1.82) is 0 Å². The van der Waals surface area contributed by atoms with E-state index in [1.807, 2.05) is 0 Å². The first kappa shape index (κ1) is 13.8. The normalized spacial score (nSPS) is 10.3. The lowest BCUT2D eigenvalue weighted by Crippen LogP contribution is -2.12. The molecule has 0 saturated carbocycles. The molecule has 0 aliphatic rings. The second-order valence-corrected chi connectivity index (χ2v) is 5.22. The molecule has 1 aromatic heterocycles. The number of aromatic hydroxyl groups is 1. The van der Waals surface area contributed by atoms with Gasteiger partial charge in [0.05, 0.1) is 17.4 Å². The Morgan fingerprint density at radius 3 is 2.79 bits per heavy atom. The van der Waals surface area contributed by atoms with Gasteiger partial charge in [0.2, 0.25) is 0 Å². The average molecular weight is 342 g/mol. The van der Waals surface area contributed by atoms with Crippen LogP contribution >= 0.6 is 27.5 Å². The molecule has 1 amide bonds. The quantitative estimate of drug-likeness (QED) is 0.818. The Balaban J connectivity index is 2.23. The molecule has 2 aromatic rings. The third-order valence-electron chi connectivity index (χ3n) is 2.48. The van der Waals surface area contributed by atoms with Crippen LogP contribution in [0.3, 0.4) is 0 Å². The molecule has 0 radical (unpaired) electrons. The smallest absolute Gasteiger partial charge is 0.259 e. The van der Waals surface area contributed by atoms with Crippen molar-refractivity contribution >= 4 is 39.1 Å². The van der Waals surface area contributed by atoms with Gasteiger partial charge in [-0.2, -0.15) is 0 Å². The van der Waals surface area contributed by atoms with Crippen LogP contribution in [0.25, 0.3) is 0 Å². The fourth-order valence-corrected chi connectivity index (χ4v) is 1.97. The summed E-state index contributed by atoms with van der Waals surface area (Å²) < 4.78 is 0.700. The number of phenolic OH excluding ortho intramolecular Hbond substituents is 1. The third kappa shape index (κ3) is 3.24. The van der Waals surface area contributed by atoms with Crippen molar-refractivity contribution in [3.05, 3.63) is 51.2 Å². The Morgan fingerprint density at radius 2 is 2.16 bits per heavy atom. The first-order valence-electron chi connectivity index (χ1n) is 5.39. The Kier molecular flexibility index (Phi) is 4.07. The SMILES string of the molecule is Cc1cc(NC(=O)c2ccc(Br)cc2O)cnc1Cl. The van der Waals surface area contributed by atoms with E-state index in [1.54, 1.807) is 19.1 Å². The van der Waals surface area contributed by atoms with Gasteiger partial charge in [0.1, 0.15) is 10.9 Å². The first-order valence-corrected chi connectivity index (χ1v) is 6.56. The number of phenols is 1. The largest absolute Gasteiger partial charge is 0.507 e. The highest BCUT2D eigenvalue weighted by Crippen LogP contribution is 2.23. The molecular weight excluding hydrogens is 332 g/mol. The summed E-state index contributed by atoms with van der Waals surface area (Å²) in [7, 11) is 0. The monoisotopic (exact) mass is 340 g/mol. The minimum absolute atomic E-state index is 0.0921. The van der Waals surface area contributed by atoms with Crippen LogP contribution in [0.15, 0.2) is 34.9 Å². The molecule has 0 unspecified atom stereocenters. The van der Waals surface area contributed by atoms with Gasteiger partial charge in [0.15, 0.2) is 0 Å². The first-order chi connectivity index (χ1) is 8.97. The van der Waals surface area contributed by atoms with Crippen LogP contribution in [0.1, 0.15) is 15.9 Å². The zero-order valence-corrected chi connectivity index (χ0v) is 12.3. The van der Waals surface area contributed by atoms with Crippen molar-refractivity contribution in [2.24, 2.45) is 0 Å². The maximum absolute atomic E-state index is 12.0. The fraction of sp³-hybridized carbons (Fsp3) is 0.0769. The number of aryl methyl sites for hydroxylation is 1. The summed E-state index contributed by atoms with van der Waals surface area (Å²) in [6.07, 6.45) is 1.46. The molecule has 2 N–H and O–H groups in total. The van der Waals surface area contributed by atoms with E-state index in [2.05, 4.69) is 26.2 Å². The number of hydrogen-bond acceptors (Lipinski definition) is 3. The lowest BCUT2D eigenvalue weighted by molar-refractivity contribution is 0.102. The summed E-state index contributed by atoms with van der Waals surface area (Å²) in [6.45, 7) is 1.79. The topological polar surface area (TPSA) is 62.2 Å². The van der Waals surface area contributed by atoms with Crippen molar-refractivity contribution in [3.63, 3.8) is 0 Å². The van der Waals surface area contributed by atoms with Gasteiger partial charge in [-0.3, -0.25) is 4.79 Å². The molecule has 0 fully saturated rings. The van der Waals surface area contributed by atoms with Crippen molar-refractivity contribution in [1.82, 2.24) is 4.98 Å². The standard InChI is InChI=1S/C13H10BrClN2O2/c1-7-4-9(6-16-12(7)15)17-13(19)10-3-2-8(14)5-11(10)18/h2-6,18H,1H3,(H,17,19). The number of carbonyl (C=O) groups excluding carboxylic acids is 1. The molecular formula is C13H10BrClN2O2. The number of halogens is 2. The Bertz CT molecular complexity index is 647. The summed E-state index contributed by atoms with van der Waals surface area (Å²) in [6, 6.07) is 6.38. The molecule has 6 heteroatoms. The Morgan fingerprint density at radius 1 is 1.42 bits per heavy atom. The lowest BCUT2D eigenvalue weighted by Gasteiger charge is -2.08. The number of benzene rings is 1. The van der Waals surface area contributed by atoms with Crippen LogP contribution in [0.5, 0.6) is 5.75 Å². The molecule has 0 atom stereocenters. The summed E-state index contributed by atoms with van der Waals surface area (Å²) in [5.74, 6) is -0.501. The van der Waals surface area contributed by atoms with Gasteiger partial charge < -0.3 is 10.4 Å². The lowest BCUT2D eigenvalue weighted by atomic mass is 10.2. The molecule has 0 bridgehead atoms. The van der Waals surface area contributed by atoms with Crippen molar-refractivity contribution in [2.75, 3.05) is 5.32 Å². The molecule has 0 saturated heterocycles. The van der Waals surface area contributed by atoms with Crippen LogP contribution in [0.4, 0.5) is 5.69 Å². The van der Waals surface area contributed by atoms with Gasteiger partial charge in [-0.05, 0) is 36.8 Å². The van der Waals surface area contributed by atoms with E-state index in [-0.39, 0.29) is 11.3 Å².